The van der Waals surface area contributed by atoms with Crippen molar-refractivity contribution in [3.05, 3.63) is 36.4 Å². The first-order valence-electron chi connectivity index (χ1n) is 4.09. The van der Waals surface area contributed by atoms with Gasteiger partial charge in [-0.3, -0.25) is 4.79 Å². The zero-order chi connectivity index (χ0) is 11.3. The van der Waals surface area contributed by atoms with Gasteiger partial charge in [0.1, 0.15) is 5.75 Å². The molecule has 1 rings (SSSR count). The van der Waals surface area contributed by atoms with Crippen molar-refractivity contribution in [1.82, 2.24) is 0 Å². The summed E-state index contributed by atoms with van der Waals surface area (Å²) in [5, 5.41) is 19.7. The number of aliphatic carboxylic acids is 1. The van der Waals surface area contributed by atoms with Crippen LogP contribution in [0.3, 0.4) is 0 Å². The molecule has 0 saturated heterocycles. The first-order valence-corrected chi connectivity index (χ1v) is 4.09. The van der Waals surface area contributed by atoms with Crippen molar-refractivity contribution in [3.63, 3.8) is 0 Å². The van der Waals surface area contributed by atoms with Gasteiger partial charge in [-0.1, -0.05) is 0 Å². The number of amides is 1. The zero-order valence-electron chi connectivity index (χ0n) is 9.68. The van der Waals surface area contributed by atoms with Crippen LogP contribution in [0.25, 0.3) is 0 Å². The van der Waals surface area contributed by atoms with Crippen LogP contribution in [0.1, 0.15) is 1.43 Å². The fraction of sp³-hybridized carbons (Fsp3) is 0. The zero-order valence-corrected chi connectivity index (χ0v) is 10.7. The van der Waals surface area contributed by atoms with Crippen LogP contribution < -0.4 is 34.9 Å². The summed E-state index contributed by atoms with van der Waals surface area (Å²) in [5.74, 6) is -1.63. The van der Waals surface area contributed by atoms with Crippen LogP contribution in [0.5, 0.6) is 5.75 Å². The molecular weight excluding hydrogens is 221 g/mol. The summed E-state index contributed by atoms with van der Waals surface area (Å²) in [4.78, 5) is 21.2. The molecule has 0 bridgehead atoms. The summed E-state index contributed by atoms with van der Waals surface area (Å²) >= 11 is 0. The van der Waals surface area contributed by atoms with E-state index in [1.165, 1.54) is 24.3 Å². The largest absolute Gasteiger partial charge is 1.00 e. The molecule has 80 valence electrons. The average Bonchev–Trinajstić information content (AvgIpc) is 2.19. The summed E-state index contributed by atoms with van der Waals surface area (Å²) in [7, 11) is 0. The van der Waals surface area contributed by atoms with Crippen LogP contribution in [0.2, 0.25) is 0 Å². The third-order valence-electron chi connectivity index (χ3n) is 1.51. The number of phenols is 1. The van der Waals surface area contributed by atoms with Crippen LogP contribution >= 0.6 is 0 Å². The van der Waals surface area contributed by atoms with Crippen molar-refractivity contribution in [2.24, 2.45) is 0 Å². The van der Waals surface area contributed by atoms with Gasteiger partial charge < -0.3 is 17.0 Å². The van der Waals surface area contributed by atoms with Crippen LogP contribution in [-0.4, -0.2) is 22.1 Å². The minimum atomic E-state index is -1.18. The van der Waals surface area contributed by atoms with E-state index >= 15 is 0 Å². The van der Waals surface area contributed by atoms with E-state index in [-0.39, 0.29) is 36.7 Å². The summed E-state index contributed by atoms with van der Waals surface area (Å²) in [6.45, 7) is 0. The predicted octanol–water partition coefficient (Wildman–Crippen LogP) is -1.91. The number of hydrogen-bond donors (Lipinski definition) is 3. The Morgan fingerprint density at radius 1 is 1.19 bits per heavy atom. The van der Waals surface area contributed by atoms with Crippen molar-refractivity contribution in [2.45, 2.75) is 0 Å². The first-order chi connectivity index (χ1) is 7.08. The molecule has 0 spiro atoms. The Morgan fingerprint density at radius 3 is 2.25 bits per heavy atom. The van der Waals surface area contributed by atoms with Crippen molar-refractivity contribution in [3.8, 4) is 5.75 Å². The minimum Gasteiger partial charge on any atom is -1.00 e. The Kier molecular flexibility index (Phi) is 6.48. The maximum Gasteiger partial charge on any atom is 1.00 e. The summed E-state index contributed by atoms with van der Waals surface area (Å²) in [6, 6.07) is 5.83. The number of phenolic OH excluding ortho intramolecular Hbond substituents is 1. The van der Waals surface area contributed by atoms with Gasteiger partial charge in [-0.15, -0.1) is 0 Å². The van der Waals surface area contributed by atoms with Gasteiger partial charge in [-0.05, 0) is 24.3 Å². The fourth-order valence-corrected chi connectivity index (χ4v) is 0.876. The summed E-state index contributed by atoms with van der Waals surface area (Å²) in [5.41, 5.74) is 0.479. The number of hydrogen-bond acceptors (Lipinski definition) is 3. The SMILES string of the molecule is O=C(O)/C=C\C(=O)Nc1ccc(O)cc1.[H-].[Na+]. The number of carbonyl (C=O) groups is 2. The normalized spacial score (nSPS) is 9.50. The van der Waals surface area contributed by atoms with E-state index in [1.54, 1.807) is 0 Å². The molecule has 1 amide bonds. The molecule has 3 N–H and O–H groups in total. The molecule has 16 heavy (non-hydrogen) atoms. The maximum atomic E-state index is 11.1. The minimum absolute atomic E-state index is 0. The quantitative estimate of drug-likeness (QED) is 0.322. The average molecular weight is 231 g/mol. The molecule has 1 aromatic rings. The van der Waals surface area contributed by atoms with Gasteiger partial charge in [0.05, 0.1) is 0 Å². The van der Waals surface area contributed by atoms with E-state index in [2.05, 4.69) is 5.32 Å². The first kappa shape index (κ1) is 14.7. The van der Waals surface area contributed by atoms with E-state index in [9.17, 15) is 9.59 Å². The van der Waals surface area contributed by atoms with Gasteiger partial charge in [0.2, 0.25) is 5.91 Å². The molecule has 0 unspecified atom stereocenters. The Balaban J connectivity index is 0. The predicted molar refractivity (Wildman–Crippen MR) is 54.6 cm³/mol. The molecule has 0 saturated carbocycles. The van der Waals surface area contributed by atoms with E-state index < -0.39 is 11.9 Å². The number of carbonyl (C=O) groups excluding carboxylic acids is 1. The molecule has 0 heterocycles. The monoisotopic (exact) mass is 231 g/mol. The molecule has 0 aromatic heterocycles. The van der Waals surface area contributed by atoms with Crippen LogP contribution in [0, 0.1) is 0 Å². The van der Waals surface area contributed by atoms with Crippen molar-refractivity contribution in [1.29, 1.82) is 0 Å². The Hall–Kier alpha value is -1.30. The van der Waals surface area contributed by atoms with Gasteiger partial charge in [-0.25, -0.2) is 4.79 Å². The van der Waals surface area contributed by atoms with Crippen LogP contribution in [-0.2, 0) is 9.59 Å². The number of carboxylic acid groups (broad SMARTS) is 1. The van der Waals surface area contributed by atoms with Crippen molar-refractivity contribution in [2.75, 3.05) is 5.32 Å². The maximum absolute atomic E-state index is 11.1. The van der Waals surface area contributed by atoms with Crippen LogP contribution in [0.4, 0.5) is 5.69 Å². The third kappa shape index (κ3) is 5.55. The molecule has 0 radical (unpaired) electrons. The molecule has 0 aliphatic rings. The van der Waals surface area contributed by atoms with Gasteiger partial charge in [-0.2, -0.15) is 0 Å². The number of carboxylic acids is 1. The number of rotatable bonds is 3. The second-order valence-corrected chi connectivity index (χ2v) is 2.71. The molecule has 0 aliphatic carbocycles. The van der Waals surface area contributed by atoms with E-state index in [4.69, 9.17) is 10.2 Å². The summed E-state index contributed by atoms with van der Waals surface area (Å²) < 4.78 is 0. The van der Waals surface area contributed by atoms with Crippen molar-refractivity contribution >= 4 is 17.6 Å². The Labute approximate surface area is 116 Å². The topological polar surface area (TPSA) is 86.6 Å². The van der Waals surface area contributed by atoms with Gasteiger partial charge in [0, 0.05) is 17.8 Å². The summed E-state index contributed by atoms with van der Waals surface area (Å²) in [6.07, 6.45) is 1.66. The molecular formula is C10H10NNaO4. The van der Waals surface area contributed by atoms with E-state index in [1.807, 2.05) is 0 Å². The van der Waals surface area contributed by atoms with E-state index in [0.717, 1.165) is 12.2 Å². The van der Waals surface area contributed by atoms with Gasteiger partial charge >= 0.3 is 35.5 Å². The standard InChI is InChI=1S/C10H9NO4.Na.H/c12-8-3-1-7(2-4-8)11-9(13)5-6-10(14)15;;/h1-6,12H,(H,11,13)(H,14,15);;/q;+1;-1/b6-5-;;. The Bertz CT molecular complexity index is 405. The second kappa shape index (κ2) is 7.05. The third-order valence-corrected chi connectivity index (χ3v) is 1.51. The number of nitrogens with one attached hydrogen (secondary N) is 1. The van der Waals surface area contributed by atoms with Gasteiger partial charge in [0.15, 0.2) is 0 Å². The van der Waals surface area contributed by atoms with Crippen molar-refractivity contribution < 1.29 is 50.8 Å². The molecule has 1 aromatic carbocycles. The second-order valence-electron chi connectivity index (χ2n) is 2.71. The number of benzene rings is 1. The van der Waals surface area contributed by atoms with Gasteiger partial charge in [0.25, 0.3) is 0 Å². The number of anilines is 1. The Morgan fingerprint density at radius 2 is 1.75 bits per heavy atom. The molecule has 5 nitrogen and oxygen atoms in total. The van der Waals surface area contributed by atoms with Crippen LogP contribution in [0.15, 0.2) is 36.4 Å². The van der Waals surface area contributed by atoms with E-state index in [0.29, 0.717) is 5.69 Å². The molecule has 0 fully saturated rings. The number of aromatic hydroxyl groups is 1. The molecule has 0 aliphatic heterocycles. The molecule has 0 atom stereocenters. The fourth-order valence-electron chi connectivity index (χ4n) is 0.876. The molecule has 6 heteroatoms. The smallest absolute Gasteiger partial charge is 1.00 e.